The minimum Gasteiger partial charge on any atom is -0.333 e. The highest BCUT2D eigenvalue weighted by Gasteiger charge is 2.32. The molecule has 2 aromatic rings. The molecule has 0 aliphatic carbocycles. The standard InChI is InChI=1S/C14H16N4O3S/c1-8-9(12(20)17-14(21)16-8)7-11(19)18-5-2-3-10(18)13-15-4-6-22-13/h4,6,10H,2-3,5,7H2,1H3,(H2,16,17,20,21). The number of aromatic nitrogens is 3. The first-order valence-electron chi connectivity index (χ1n) is 7.07. The van der Waals surface area contributed by atoms with Gasteiger partial charge in [-0.25, -0.2) is 9.78 Å². The lowest BCUT2D eigenvalue weighted by molar-refractivity contribution is -0.131. The number of nitrogens with zero attached hydrogens (tertiary/aromatic N) is 2. The van der Waals surface area contributed by atoms with Crippen molar-refractivity contribution in [3.8, 4) is 0 Å². The summed E-state index contributed by atoms with van der Waals surface area (Å²) in [6.45, 7) is 2.30. The topological polar surface area (TPSA) is 98.9 Å². The first-order chi connectivity index (χ1) is 10.6. The summed E-state index contributed by atoms with van der Waals surface area (Å²) in [5.41, 5.74) is -0.304. The molecular weight excluding hydrogens is 304 g/mol. The Kier molecular flexibility index (Phi) is 3.93. The Hall–Kier alpha value is -2.22. The van der Waals surface area contributed by atoms with Crippen molar-refractivity contribution in [3.05, 3.63) is 48.7 Å². The van der Waals surface area contributed by atoms with Crippen LogP contribution in [-0.2, 0) is 11.2 Å². The molecule has 1 aliphatic rings. The minimum atomic E-state index is -0.555. The van der Waals surface area contributed by atoms with Gasteiger partial charge in [0.1, 0.15) is 5.01 Å². The number of carbonyl (C=O) groups is 1. The molecule has 0 saturated carbocycles. The molecule has 3 rings (SSSR count). The third kappa shape index (κ3) is 2.74. The number of aromatic amines is 2. The fourth-order valence-electron chi connectivity index (χ4n) is 2.81. The lowest BCUT2D eigenvalue weighted by atomic mass is 10.1. The minimum absolute atomic E-state index is 0.00495. The predicted molar refractivity (Wildman–Crippen MR) is 81.9 cm³/mol. The van der Waals surface area contributed by atoms with Crippen molar-refractivity contribution < 1.29 is 4.79 Å². The molecule has 1 atom stereocenters. The maximum absolute atomic E-state index is 12.6. The molecule has 2 aromatic heterocycles. The molecule has 2 N–H and O–H groups in total. The zero-order valence-corrected chi connectivity index (χ0v) is 12.9. The molecule has 1 fully saturated rings. The summed E-state index contributed by atoms with van der Waals surface area (Å²) >= 11 is 1.54. The number of hydrogen-bond donors (Lipinski definition) is 2. The van der Waals surface area contributed by atoms with E-state index in [1.165, 1.54) is 11.3 Å². The Balaban J connectivity index is 1.83. The average molecular weight is 320 g/mol. The van der Waals surface area contributed by atoms with Crippen LogP contribution in [0.15, 0.2) is 21.2 Å². The molecule has 0 bridgehead atoms. The third-order valence-corrected chi connectivity index (χ3v) is 4.77. The fourth-order valence-corrected chi connectivity index (χ4v) is 3.60. The van der Waals surface area contributed by atoms with E-state index in [1.807, 2.05) is 5.38 Å². The summed E-state index contributed by atoms with van der Waals surface area (Å²) < 4.78 is 0. The average Bonchev–Trinajstić information content (AvgIpc) is 3.11. The Morgan fingerprint density at radius 3 is 2.95 bits per heavy atom. The summed E-state index contributed by atoms with van der Waals surface area (Å²) in [4.78, 5) is 46.4. The van der Waals surface area contributed by atoms with Gasteiger partial charge in [-0.3, -0.25) is 14.6 Å². The van der Waals surface area contributed by atoms with Crippen molar-refractivity contribution in [3.63, 3.8) is 0 Å². The number of aryl methyl sites for hydroxylation is 1. The summed E-state index contributed by atoms with van der Waals surface area (Å²) in [7, 11) is 0. The molecule has 0 radical (unpaired) electrons. The van der Waals surface area contributed by atoms with E-state index in [0.717, 1.165) is 17.8 Å². The molecule has 3 heterocycles. The highest BCUT2D eigenvalue weighted by Crippen LogP contribution is 2.33. The van der Waals surface area contributed by atoms with E-state index in [4.69, 9.17) is 0 Å². The van der Waals surface area contributed by atoms with Crippen LogP contribution < -0.4 is 11.2 Å². The second-order valence-electron chi connectivity index (χ2n) is 5.30. The number of likely N-dealkylation sites (tertiary alicyclic amines) is 1. The van der Waals surface area contributed by atoms with Crippen LogP contribution in [0.3, 0.4) is 0 Å². The van der Waals surface area contributed by atoms with Gasteiger partial charge in [0.15, 0.2) is 0 Å². The maximum atomic E-state index is 12.6. The van der Waals surface area contributed by atoms with Gasteiger partial charge in [-0.15, -0.1) is 11.3 Å². The summed E-state index contributed by atoms with van der Waals surface area (Å²) in [6, 6.07) is -0.00495. The molecule has 1 unspecified atom stereocenters. The second kappa shape index (κ2) is 5.88. The summed E-state index contributed by atoms with van der Waals surface area (Å²) in [6.07, 6.45) is 3.54. The number of thiazole rings is 1. The highest BCUT2D eigenvalue weighted by atomic mass is 32.1. The molecule has 116 valence electrons. The van der Waals surface area contributed by atoms with Gasteiger partial charge in [0.05, 0.1) is 12.5 Å². The van der Waals surface area contributed by atoms with E-state index in [0.29, 0.717) is 17.8 Å². The largest absolute Gasteiger partial charge is 0.333 e. The maximum Gasteiger partial charge on any atom is 0.325 e. The van der Waals surface area contributed by atoms with Gasteiger partial charge in [-0.05, 0) is 19.8 Å². The van der Waals surface area contributed by atoms with E-state index in [9.17, 15) is 14.4 Å². The zero-order chi connectivity index (χ0) is 15.7. The molecule has 1 amide bonds. The van der Waals surface area contributed by atoms with Crippen LogP contribution in [0.1, 0.15) is 35.1 Å². The van der Waals surface area contributed by atoms with E-state index >= 15 is 0 Å². The number of hydrogen-bond acceptors (Lipinski definition) is 5. The van der Waals surface area contributed by atoms with Crippen LogP contribution >= 0.6 is 11.3 Å². The number of H-pyrrole nitrogens is 2. The van der Waals surface area contributed by atoms with E-state index in [-0.39, 0.29) is 18.4 Å². The van der Waals surface area contributed by atoms with Crippen molar-refractivity contribution in [2.45, 2.75) is 32.2 Å². The summed E-state index contributed by atoms with van der Waals surface area (Å²) in [5.74, 6) is -0.113. The van der Waals surface area contributed by atoms with Gasteiger partial charge in [-0.2, -0.15) is 0 Å². The number of carbonyl (C=O) groups excluding carboxylic acids is 1. The van der Waals surface area contributed by atoms with Crippen molar-refractivity contribution in [2.24, 2.45) is 0 Å². The molecule has 8 heteroatoms. The normalized spacial score (nSPS) is 17.9. The molecule has 1 saturated heterocycles. The highest BCUT2D eigenvalue weighted by molar-refractivity contribution is 7.09. The lowest BCUT2D eigenvalue weighted by Crippen LogP contribution is -2.35. The van der Waals surface area contributed by atoms with Gasteiger partial charge in [-0.1, -0.05) is 0 Å². The number of nitrogens with one attached hydrogen (secondary N) is 2. The van der Waals surface area contributed by atoms with Crippen molar-refractivity contribution in [1.29, 1.82) is 0 Å². The molecule has 1 aliphatic heterocycles. The molecule has 22 heavy (non-hydrogen) atoms. The van der Waals surface area contributed by atoms with Crippen molar-refractivity contribution in [2.75, 3.05) is 6.54 Å². The SMILES string of the molecule is Cc1[nH]c(=O)[nH]c(=O)c1CC(=O)N1CCCC1c1nccs1. The van der Waals surface area contributed by atoms with E-state index in [1.54, 1.807) is 18.0 Å². The van der Waals surface area contributed by atoms with Crippen LogP contribution in [0.25, 0.3) is 0 Å². The Morgan fingerprint density at radius 2 is 2.27 bits per heavy atom. The third-order valence-electron chi connectivity index (χ3n) is 3.89. The van der Waals surface area contributed by atoms with Gasteiger partial charge in [0.25, 0.3) is 5.56 Å². The smallest absolute Gasteiger partial charge is 0.325 e. The first kappa shape index (κ1) is 14.7. The van der Waals surface area contributed by atoms with Gasteiger partial charge in [0, 0.05) is 29.4 Å². The number of rotatable bonds is 3. The predicted octanol–water partition coefficient (Wildman–Crippen LogP) is 0.734. The van der Waals surface area contributed by atoms with Gasteiger partial charge in [0.2, 0.25) is 5.91 Å². The lowest BCUT2D eigenvalue weighted by Gasteiger charge is -2.23. The Bertz CT molecular complexity index is 793. The van der Waals surface area contributed by atoms with Crippen LogP contribution in [0.2, 0.25) is 0 Å². The quantitative estimate of drug-likeness (QED) is 0.871. The zero-order valence-electron chi connectivity index (χ0n) is 12.1. The molecule has 0 spiro atoms. The van der Waals surface area contributed by atoms with E-state index < -0.39 is 11.2 Å². The molecule has 7 nitrogen and oxygen atoms in total. The van der Waals surface area contributed by atoms with Crippen molar-refractivity contribution in [1.82, 2.24) is 19.9 Å². The summed E-state index contributed by atoms with van der Waals surface area (Å²) in [5, 5.41) is 2.82. The molecule has 0 aromatic carbocycles. The number of amides is 1. The first-order valence-corrected chi connectivity index (χ1v) is 7.95. The van der Waals surface area contributed by atoms with E-state index in [2.05, 4.69) is 15.0 Å². The van der Waals surface area contributed by atoms with Crippen molar-refractivity contribution >= 4 is 17.2 Å². The van der Waals surface area contributed by atoms with Gasteiger partial charge < -0.3 is 9.88 Å². The van der Waals surface area contributed by atoms with Crippen LogP contribution in [0.5, 0.6) is 0 Å². The van der Waals surface area contributed by atoms with Crippen LogP contribution in [-0.4, -0.2) is 32.3 Å². The Labute approximate surface area is 130 Å². The fraction of sp³-hybridized carbons (Fsp3) is 0.429. The monoisotopic (exact) mass is 320 g/mol. The second-order valence-corrected chi connectivity index (χ2v) is 6.23. The van der Waals surface area contributed by atoms with Crippen LogP contribution in [0.4, 0.5) is 0 Å². The van der Waals surface area contributed by atoms with Crippen LogP contribution in [0, 0.1) is 6.92 Å². The Morgan fingerprint density at radius 1 is 1.45 bits per heavy atom. The molecular formula is C14H16N4O3S. The van der Waals surface area contributed by atoms with Gasteiger partial charge >= 0.3 is 5.69 Å².